The Labute approximate surface area is 114 Å². The number of hydrogen-bond donors (Lipinski definition) is 3. The number of aliphatic hydroxyl groups excluding tert-OH is 1. The first-order valence-electron chi connectivity index (χ1n) is 6.69. The van der Waals surface area contributed by atoms with Crippen LogP contribution in [0.5, 0.6) is 0 Å². The average molecular weight is 262 g/mol. The van der Waals surface area contributed by atoms with E-state index in [0.717, 1.165) is 24.8 Å². The number of amides is 1. The summed E-state index contributed by atoms with van der Waals surface area (Å²) < 4.78 is 0. The van der Waals surface area contributed by atoms with Crippen LogP contribution in [0, 0.1) is 0 Å². The van der Waals surface area contributed by atoms with Gasteiger partial charge in [0.05, 0.1) is 17.6 Å². The molecule has 1 saturated carbocycles. The van der Waals surface area contributed by atoms with Crippen molar-refractivity contribution in [3.05, 3.63) is 29.8 Å². The number of carbonyl (C=O) groups is 1. The second kappa shape index (κ2) is 4.85. The van der Waals surface area contributed by atoms with Crippen LogP contribution < -0.4 is 11.1 Å². The molecule has 0 aromatic heterocycles. The maximum absolute atomic E-state index is 12.5. The number of rotatable bonds is 4. The maximum Gasteiger partial charge on any atom is 0.230 e. The molecule has 4 nitrogen and oxygen atoms in total. The van der Waals surface area contributed by atoms with Crippen molar-refractivity contribution in [3.63, 3.8) is 0 Å². The Bertz CT molecular complexity index is 456. The predicted molar refractivity (Wildman–Crippen MR) is 75.7 cm³/mol. The molecule has 1 aliphatic carbocycles. The lowest BCUT2D eigenvalue weighted by atomic mass is 9.75. The fourth-order valence-corrected chi connectivity index (χ4v) is 2.35. The molecular formula is C15H22N2O2. The number of anilines is 1. The van der Waals surface area contributed by atoms with Crippen LogP contribution in [0.25, 0.3) is 0 Å². The lowest BCUT2D eigenvalue weighted by Crippen LogP contribution is -2.59. The fraction of sp³-hybridized carbons (Fsp3) is 0.533. The molecule has 4 N–H and O–H groups in total. The van der Waals surface area contributed by atoms with Gasteiger partial charge in [0.1, 0.15) is 0 Å². The molecule has 1 aromatic carbocycles. The number of benzene rings is 1. The van der Waals surface area contributed by atoms with E-state index in [-0.39, 0.29) is 12.5 Å². The van der Waals surface area contributed by atoms with E-state index in [1.807, 2.05) is 26.0 Å². The summed E-state index contributed by atoms with van der Waals surface area (Å²) in [7, 11) is 0. The number of carbonyl (C=O) groups excluding carboxylic acids is 1. The van der Waals surface area contributed by atoms with Gasteiger partial charge >= 0.3 is 0 Å². The van der Waals surface area contributed by atoms with Gasteiger partial charge in [-0.2, -0.15) is 0 Å². The molecule has 0 aliphatic heterocycles. The summed E-state index contributed by atoms with van der Waals surface area (Å²) in [4.78, 5) is 12.5. The predicted octanol–water partition coefficient (Wildman–Crippen LogP) is 1.58. The summed E-state index contributed by atoms with van der Waals surface area (Å²) in [5.41, 5.74) is 6.24. The fourth-order valence-electron chi connectivity index (χ4n) is 2.35. The van der Waals surface area contributed by atoms with Gasteiger partial charge in [-0.3, -0.25) is 4.79 Å². The molecular weight excluding hydrogens is 240 g/mol. The van der Waals surface area contributed by atoms with Crippen LogP contribution in [0.3, 0.4) is 0 Å². The van der Waals surface area contributed by atoms with Crippen molar-refractivity contribution in [2.24, 2.45) is 0 Å². The molecule has 0 bridgehead atoms. The standard InChI is InChI=1S/C15H22N2O2/c1-14(2,11-4-6-12(16)7-5-11)13(19)17-15(10-18)8-3-9-15/h4-7,18H,3,8-10,16H2,1-2H3,(H,17,19). The highest BCUT2D eigenvalue weighted by molar-refractivity contribution is 5.88. The Morgan fingerprint density at radius 2 is 1.95 bits per heavy atom. The second-order valence-corrected chi connectivity index (χ2v) is 5.99. The van der Waals surface area contributed by atoms with E-state index in [1.165, 1.54) is 0 Å². The van der Waals surface area contributed by atoms with Gasteiger partial charge in [-0.1, -0.05) is 12.1 Å². The number of nitrogens with two attached hydrogens (primary N) is 1. The molecule has 0 atom stereocenters. The van der Waals surface area contributed by atoms with Gasteiger partial charge in [-0.25, -0.2) is 0 Å². The highest BCUT2D eigenvalue weighted by atomic mass is 16.3. The molecule has 2 rings (SSSR count). The zero-order valence-corrected chi connectivity index (χ0v) is 11.6. The molecule has 0 saturated heterocycles. The summed E-state index contributed by atoms with van der Waals surface area (Å²) in [6.45, 7) is 3.78. The van der Waals surface area contributed by atoms with Gasteiger partial charge in [-0.05, 0) is 50.8 Å². The number of nitrogens with one attached hydrogen (secondary N) is 1. The lowest BCUT2D eigenvalue weighted by molar-refractivity contribution is -0.129. The molecule has 1 aliphatic rings. The topological polar surface area (TPSA) is 75.3 Å². The summed E-state index contributed by atoms with van der Waals surface area (Å²) in [5.74, 6) is -0.0500. The van der Waals surface area contributed by atoms with Gasteiger partial charge in [0.25, 0.3) is 0 Å². The normalized spacial score (nSPS) is 17.6. The Morgan fingerprint density at radius 3 is 2.37 bits per heavy atom. The van der Waals surface area contributed by atoms with Crippen molar-refractivity contribution in [2.75, 3.05) is 12.3 Å². The van der Waals surface area contributed by atoms with E-state index in [9.17, 15) is 9.90 Å². The van der Waals surface area contributed by atoms with E-state index >= 15 is 0 Å². The van der Waals surface area contributed by atoms with Gasteiger partial charge in [-0.15, -0.1) is 0 Å². The molecule has 0 radical (unpaired) electrons. The molecule has 19 heavy (non-hydrogen) atoms. The third-order valence-corrected chi connectivity index (χ3v) is 4.19. The average Bonchev–Trinajstić information content (AvgIpc) is 2.34. The molecule has 1 fully saturated rings. The number of nitrogen functional groups attached to an aromatic ring is 1. The molecule has 0 heterocycles. The minimum Gasteiger partial charge on any atom is -0.399 e. The Kier molecular flexibility index (Phi) is 3.54. The quantitative estimate of drug-likeness (QED) is 0.721. The molecule has 104 valence electrons. The summed E-state index contributed by atoms with van der Waals surface area (Å²) in [5, 5.41) is 12.4. The Balaban J connectivity index is 2.14. The van der Waals surface area contributed by atoms with Crippen LogP contribution in [-0.4, -0.2) is 23.2 Å². The number of hydrogen-bond acceptors (Lipinski definition) is 3. The monoisotopic (exact) mass is 262 g/mol. The first-order chi connectivity index (χ1) is 8.89. The van der Waals surface area contributed by atoms with Gasteiger partial charge in [0.15, 0.2) is 0 Å². The Hall–Kier alpha value is -1.55. The van der Waals surface area contributed by atoms with Crippen molar-refractivity contribution in [2.45, 2.75) is 44.1 Å². The van der Waals surface area contributed by atoms with Gasteiger partial charge < -0.3 is 16.2 Å². The van der Waals surface area contributed by atoms with Crippen LogP contribution in [-0.2, 0) is 10.2 Å². The van der Waals surface area contributed by atoms with Crippen LogP contribution in [0.2, 0.25) is 0 Å². The van der Waals surface area contributed by atoms with Crippen molar-refractivity contribution in [3.8, 4) is 0 Å². The van der Waals surface area contributed by atoms with Crippen LogP contribution in [0.15, 0.2) is 24.3 Å². The van der Waals surface area contributed by atoms with Crippen molar-refractivity contribution >= 4 is 11.6 Å². The van der Waals surface area contributed by atoms with Crippen molar-refractivity contribution in [1.82, 2.24) is 5.32 Å². The van der Waals surface area contributed by atoms with E-state index in [1.54, 1.807) is 12.1 Å². The van der Waals surface area contributed by atoms with Crippen LogP contribution in [0.4, 0.5) is 5.69 Å². The SMILES string of the molecule is CC(C)(C(=O)NC1(CO)CCC1)c1ccc(N)cc1. The van der Waals surface area contributed by atoms with Crippen LogP contribution in [0.1, 0.15) is 38.7 Å². The number of aliphatic hydroxyl groups is 1. The zero-order valence-electron chi connectivity index (χ0n) is 11.6. The van der Waals surface area contributed by atoms with E-state index in [2.05, 4.69) is 5.32 Å². The smallest absolute Gasteiger partial charge is 0.230 e. The third kappa shape index (κ3) is 2.59. The maximum atomic E-state index is 12.5. The summed E-state index contributed by atoms with van der Waals surface area (Å²) in [6, 6.07) is 7.35. The van der Waals surface area contributed by atoms with E-state index in [0.29, 0.717) is 5.69 Å². The minimum atomic E-state index is -0.633. The molecule has 0 spiro atoms. The first kappa shape index (κ1) is 13.9. The Morgan fingerprint density at radius 1 is 1.37 bits per heavy atom. The largest absolute Gasteiger partial charge is 0.399 e. The van der Waals surface area contributed by atoms with Crippen LogP contribution >= 0.6 is 0 Å². The summed E-state index contributed by atoms with van der Waals surface area (Å²) in [6.07, 6.45) is 2.77. The van der Waals surface area contributed by atoms with Crippen molar-refractivity contribution < 1.29 is 9.90 Å². The second-order valence-electron chi connectivity index (χ2n) is 5.99. The molecule has 0 unspecified atom stereocenters. The highest BCUT2D eigenvalue weighted by Crippen LogP contribution is 2.33. The summed E-state index contributed by atoms with van der Waals surface area (Å²) >= 11 is 0. The minimum absolute atomic E-state index is 0.0105. The zero-order chi connectivity index (χ0) is 14.1. The highest BCUT2D eigenvalue weighted by Gasteiger charge is 2.41. The van der Waals surface area contributed by atoms with Crippen molar-refractivity contribution in [1.29, 1.82) is 0 Å². The third-order valence-electron chi connectivity index (χ3n) is 4.19. The lowest BCUT2D eigenvalue weighted by Gasteiger charge is -2.43. The first-order valence-corrected chi connectivity index (χ1v) is 6.69. The van der Waals surface area contributed by atoms with Gasteiger partial charge in [0.2, 0.25) is 5.91 Å². The van der Waals surface area contributed by atoms with Gasteiger partial charge in [0, 0.05) is 5.69 Å². The van der Waals surface area contributed by atoms with E-state index < -0.39 is 11.0 Å². The molecule has 1 amide bonds. The molecule has 4 heteroatoms. The molecule has 1 aromatic rings. The van der Waals surface area contributed by atoms with E-state index in [4.69, 9.17) is 5.73 Å².